The second-order valence-corrected chi connectivity index (χ2v) is 5.68. The van der Waals surface area contributed by atoms with Crippen LogP contribution in [0, 0.1) is 24.0 Å². The van der Waals surface area contributed by atoms with Gasteiger partial charge >= 0.3 is 11.9 Å². The molecule has 2 rings (SSSR count). The molecule has 138 valence electrons. The highest BCUT2D eigenvalue weighted by Crippen LogP contribution is 2.17. The van der Waals surface area contributed by atoms with Crippen LogP contribution in [0.2, 0.25) is 0 Å². The van der Waals surface area contributed by atoms with Crippen molar-refractivity contribution in [1.29, 1.82) is 0 Å². The predicted octanol–water partition coefficient (Wildman–Crippen LogP) is 2.93. The van der Waals surface area contributed by atoms with Crippen LogP contribution in [0.3, 0.4) is 0 Å². The summed E-state index contributed by atoms with van der Waals surface area (Å²) in [5.41, 5.74) is 2.43. The second kappa shape index (κ2) is 8.28. The molecular weight excluding hydrogens is 340 g/mol. The molecule has 0 saturated carbocycles. The average molecular weight is 360 g/mol. The van der Waals surface area contributed by atoms with E-state index in [1.165, 1.54) is 24.3 Å². The van der Waals surface area contributed by atoms with Gasteiger partial charge in [-0.25, -0.2) is 4.79 Å². The van der Waals surface area contributed by atoms with Gasteiger partial charge in [-0.15, -0.1) is 0 Å². The minimum absolute atomic E-state index is 0.0148. The molecule has 2 aromatic rings. The van der Waals surface area contributed by atoms with E-state index < -0.39 is 16.9 Å². The Morgan fingerprint density at radius 1 is 1.15 bits per heavy atom. The van der Waals surface area contributed by atoms with E-state index in [2.05, 4.69) is 0 Å². The van der Waals surface area contributed by atoms with Crippen LogP contribution < -0.4 is 0 Å². The Balaban J connectivity index is 1.99. The summed E-state index contributed by atoms with van der Waals surface area (Å²) in [5, 5.41) is 10.6. The highest BCUT2D eigenvalue weighted by Gasteiger charge is 2.18. The summed E-state index contributed by atoms with van der Waals surface area (Å²) >= 11 is 0. The van der Waals surface area contributed by atoms with Gasteiger partial charge in [-0.1, -0.05) is 0 Å². The van der Waals surface area contributed by atoms with Crippen molar-refractivity contribution in [3.8, 4) is 0 Å². The smallest absolute Gasteiger partial charge is 0.339 e. The second-order valence-electron chi connectivity index (χ2n) is 5.68. The zero-order valence-corrected chi connectivity index (χ0v) is 14.9. The molecule has 1 heterocycles. The van der Waals surface area contributed by atoms with Crippen molar-refractivity contribution in [1.82, 2.24) is 4.57 Å². The minimum atomic E-state index is -0.492. The first-order valence-corrected chi connectivity index (χ1v) is 8.06. The van der Waals surface area contributed by atoms with E-state index in [0.29, 0.717) is 16.8 Å². The Bertz CT molecular complexity index is 823. The molecule has 0 spiro atoms. The number of nitro benzene ring substituents is 1. The Labute approximate surface area is 150 Å². The maximum absolute atomic E-state index is 12.1. The largest absolute Gasteiger partial charge is 0.462 e. The van der Waals surface area contributed by atoms with Crippen molar-refractivity contribution in [3.05, 3.63) is 63.0 Å². The topological polar surface area (TPSA) is 101 Å². The summed E-state index contributed by atoms with van der Waals surface area (Å²) in [6.07, 6.45) is 0. The van der Waals surface area contributed by atoms with E-state index >= 15 is 0 Å². The van der Waals surface area contributed by atoms with Gasteiger partial charge in [0, 0.05) is 23.5 Å². The maximum atomic E-state index is 12.1. The maximum Gasteiger partial charge on any atom is 0.339 e. The molecule has 1 aromatic heterocycles. The van der Waals surface area contributed by atoms with Gasteiger partial charge in [-0.2, -0.15) is 0 Å². The summed E-state index contributed by atoms with van der Waals surface area (Å²) in [7, 11) is 0. The van der Waals surface area contributed by atoms with Crippen LogP contribution >= 0.6 is 0 Å². The van der Waals surface area contributed by atoms with Crippen molar-refractivity contribution in [2.45, 2.75) is 33.9 Å². The van der Waals surface area contributed by atoms with Gasteiger partial charge in [-0.3, -0.25) is 14.9 Å². The van der Waals surface area contributed by atoms with Crippen molar-refractivity contribution in [2.75, 3.05) is 6.61 Å². The number of esters is 2. The fourth-order valence-corrected chi connectivity index (χ4v) is 2.51. The molecule has 0 aliphatic rings. The third-order valence-corrected chi connectivity index (χ3v) is 3.90. The van der Waals surface area contributed by atoms with Crippen LogP contribution in [0.4, 0.5) is 5.69 Å². The summed E-state index contributed by atoms with van der Waals surface area (Å²) in [6, 6.07) is 7.47. The van der Waals surface area contributed by atoms with Crippen molar-refractivity contribution in [3.63, 3.8) is 0 Å². The van der Waals surface area contributed by atoms with Gasteiger partial charge in [0.1, 0.15) is 13.2 Å². The Morgan fingerprint density at radius 3 is 2.38 bits per heavy atom. The predicted molar refractivity (Wildman–Crippen MR) is 92.8 cm³/mol. The van der Waals surface area contributed by atoms with Gasteiger partial charge < -0.3 is 14.0 Å². The molecule has 0 unspecified atom stereocenters. The molecular formula is C18H20N2O6. The number of aryl methyl sites for hydroxylation is 1. The number of hydrogen-bond donors (Lipinski definition) is 0. The number of non-ortho nitro benzene ring substituents is 1. The summed E-state index contributed by atoms with van der Waals surface area (Å²) in [6.45, 7) is 5.51. The lowest BCUT2D eigenvalue weighted by molar-refractivity contribution is -0.384. The molecule has 0 atom stereocenters. The molecule has 0 fully saturated rings. The number of aromatic nitrogens is 1. The number of benzene rings is 1. The van der Waals surface area contributed by atoms with E-state index in [1.54, 1.807) is 31.4 Å². The molecule has 0 aliphatic carbocycles. The van der Waals surface area contributed by atoms with Gasteiger partial charge in [0.2, 0.25) is 0 Å². The van der Waals surface area contributed by atoms with Crippen LogP contribution in [0.5, 0.6) is 0 Å². The normalized spacial score (nSPS) is 10.4. The standard InChI is InChI=1S/C18H20N2O6/c1-4-25-18(22)16-9-12(2)19(13(16)3)10-17(21)26-11-14-5-7-15(8-6-14)20(23)24/h5-9H,4,10-11H2,1-3H3. The van der Waals surface area contributed by atoms with Crippen molar-refractivity contribution in [2.24, 2.45) is 0 Å². The first-order valence-electron chi connectivity index (χ1n) is 8.06. The van der Waals surface area contributed by atoms with Crippen LogP contribution in [0.15, 0.2) is 30.3 Å². The van der Waals surface area contributed by atoms with Crippen LogP contribution in [0.1, 0.15) is 34.2 Å². The van der Waals surface area contributed by atoms with E-state index in [-0.39, 0.29) is 25.4 Å². The molecule has 8 nitrogen and oxygen atoms in total. The van der Waals surface area contributed by atoms with E-state index in [0.717, 1.165) is 5.69 Å². The fraction of sp³-hybridized carbons (Fsp3) is 0.333. The minimum Gasteiger partial charge on any atom is -0.462 e. The SMILES string of the molecule is CCOC(=O)c1cc(C)n(CC(=O)OCc2ccc([N+](=O)[O-])cc2)c1C. The monoisotopic (exact) mass is 360 g/mol. The Hall–Kier alpha value is -3.16. The van der Waals surface area contributed by atoms with Crippen molar-refractivity contribution >= 4 is 17.6 Å². The van der Waals surface area contributed by atoms with Gasteiger partial charge in [-0.05, 0) is 44.5 Å². The fourth-order valence-electron chi connectivity index (χ4n) is 2.51. The number of carbonyl (C=O) groups excluding carboxylic acids is 2. The molecule has 0 amide bonds. The molecule has 0 N–H and O–H groups in total. The molecule has 8 heteroatoms. The average Bonchev–Trinajstić information content (AvgIpc) is 2.89. The molecule has 0 bridgehead atoms. The van der Waals surface area contributed by atoms with Gasteiger partial charge in [0.05, 0.1) is 17.1 Å². The Kier molecular flexibility index (Phi) is 6.11. The quantitative estimate of drug-likeness (QED) is 0.427. The summed E-state index contributed by atoms with van der Waals surface area (Å²) < 4.78 is 11.9. The first kappa shape index (κ1) is 19.2. The van der Waals surface area contributed by atoms with E-state index in [4.69, 9.17) is 9.47 Å². The molecule has 0 saturated heterocycles. The third-order valence-electron chi connectivity index (χ3n) is 3.90. The lowest BCUT2D eigenvalue weighted by Crippen LogP contribution is -2.16. The lowest BCUT2D eigenvalue weighted by atomic mass is 10.2. The zero-order chi connectivity index (χ0) is 19.3. The molecule has 1 aromatic carbocycles. The highest BCUT2D eigenvalue weighted by atomic mass is 16.6. The highest BCUT2D eigenvalue weighted by molar-refractivity contribution is 5.91. The third kappa shape index (κ3) is 4.47. The molecule has 26 heavy (non-hydrogen) atoms. The van der Waals surface area contributed by atoms with E-state index in [1.807, 2.05) is 0 Å². The van der Waals surface area contributed by atoms with Crippen molar-refractivity contribution < 1.29 is 24.0 Å². The van der Waals surface area contributed by atoms with Crippen LogP contribution in [-0.4, -0.2) is 28.0 Å². The number of nitro groups is 1. The van der Waals surface area contributed by atoms with Gasteiger partial charge in [0.25, 0.3) is 5.69 Å². The van der Waals surface area contributed by atoms with E-state index in [9.17, 15) is 19.7 Å². The van der Waals surface area contributed by atoms with Crippen LogP contribution in [-0.2, 0) is 27.4 Å². The number of ether oxygens (including phenoxy) is 2. The summed E-state index contributed by atoms with van der Waals surface area (Å²) in [5.74, 6) is -0.897. The summed E-state index contributed by atoms with van der Waals surface area (Å²) in [4.78, 5) is 34.1. The Morgan fingerprint density at radius 2 is 1.81 bits per heavy atom. The van der Waals surface area contributed by atoms with Crippen LogP contribution in [0.25, 0.3) is 0 Å². The molecule has 0 radical (unpaired) electrons. The number of carbonyl (C=O) groups is 2. The number of nitrogens with zero attached hydrogens (tertiary/aromatic N) is 2. The number of hydrogen-bond acceptors (Lipinski definition) is 6. The molecule has 0 aliphatic heterocycles. The van der Waals surface area contributed by atoms with Gasteiger partial charge in [0.15, 0.2) is 0 Å². The zero-order valence-electron chi connectivity index (χ0n) is 14.9. The first-order chi connectivity index (χ1) is 12.3. The number of rotatable bonds is 7. The lowest BCUT2D eigenvalue weighted by Gasteiger charge is -2.10.